The van der Waals surface area contributed by atoms with Crippen molar-refractivity contribution >= 4 is 27.7 Å². The summed E-state index contributed by atoms with van der Waals surface area (Å²) in [7, 11) is 0. The summed E-state index contributed by atoms with van der Waals surface area (Å²) in [6, 6.07) is 26.2. The Morgan fingerprint density at radius 1 is 0.769 bits per heavy atom. The maximum Gasteiger partial charge on any atom is -0.0114 e. The maximum atomic E-state index is 2.28. The van der Waals surface area contributed by atoms with Gasteiger partial charge in [0.1, 0.15) is 0 Å². The molecule has 0 radical (unpaired) electrons. The van der Waals surface area contributed by atoms with Crippen molar-refractivity contribution in [2.45, 2.75) is 20.0 Å². The molecule has 0 atom stereocenters. The molecule has 0 bridgehead atoms. The quantitative estimate of drug-likeness (QED) is 0.303. The van der Waals surface area contributed by atoms with E-state index in [4.69, 9.17) is 0 Å². The predicted molar refractivity (Wildman–Crippen MR) is 105 cm³/mol. The molecule has 26 heavy (non-hydrogen) atoms. The van der Waals surface area contributed by atoms with E-state index in [0.717, 1.165) is 0 Å². The molecule has 0 aliphatic rings. The maximum absolute atomic E-state index is 2.28. The van der Waals surface area contributed by atoms with Crippen LogP contribution in [0.1, 0.15) is 5.56 Å². The van der Waals surface area contributed by atoms with E-state index >= 15 is 0 Å². The molecular weight excluding hydrogens is 411 g/mol. The molecule has 0 aliphatic heterocycles. The van der Waals surface area contributed by atoms with Crippen molar-refractivity contribution < 1.29 is 44.0 Å². The van der Waals surface area contributed by atoms with E-state index < -0.39 is 0 Å². The van der Waals surface area contributed by atoms with E-state index in [1.165, 1.54) is 38.2 Å². The Morgan fingerprint density at radius 3 is 2.00 bits per heavy atom. The minimum atomic E-state index is 0. The summed E-state index contributed by atoms with van der Waals surface area (Å²) in [4.78, 5) is 0. The first-order chi connectivity index (χ1) is 11.6. The molecular formula is C22H21Cl2SiTi-. The molecule has 0 nitrogen and oxygen atoms in total. The van der Waals surface area contributed by atoms with Gasteiger partial charge in [-0.2, -0.15) is 6.07 Å². The van der Waals surface area contributed by atoms with Crippen LogP contribution in [-0.4, -0.2) is 6.19 Å². The SMILES string of the molecule is C[Si](C)=[Ti+2].Cc1cc2c(-c3cccc4ccccc34)cccc2[cH-]1.[Cl-].[Cl-]. The van der Waals surface area contributed by atoms with Gasteiger partial charge in [-0.1, -0.05) is 61.0 Å². The molecule has 4 aromatic carbocycles. The molecule has 0 amide bonds. The summed E-state index contributed by atoms with van der Waals surface area (Å²) in [5.74, 6) is 0. The number of benzene rings is 3. The number of aryl methyl sites for hydroxylation is 1. The van der Waals surface area contributed by atoms with Crippen LogP contribution in [0.2, 0.25) is 13.1 Å². The zero-order valence-electron chi connectivity index (χ0n) is 15.2. The Bertz CT molecular complexity index is 1010. The third-order valence-corrected chi connectivity index (χ3v) is 3.97. The zero-order chi connectivity index (χ0) is 17.1. The van der Waals surface area contributed by atoms with Crippen LogP contribution in [0.15, 0.2) is 72.8 Å². The first-order valence-corrected chi connectivity index (χ1v) is 13.1. The molecule has 0 saturated carbocycles. The normalized spacial score (nSPS) is 9.73. The van der Waals surface area contributed by atoms with Crippen molar-refractivity contribution in [1.29, 1.82) is 0 Å². The largest absolute Gasteiger partial charge is 1.00 e. The third-order valence-electron chi connectivity index (χ3n) is 3.97. The van der Waals surface area contributed by atoms with Gasteiger partial charge in [-0.15, -0.1) is 34.5 Å². The van der Waals surface area contributed by atoms with Crippen LogP contribution < -0.4 is 24.8 Å². The smallest absolute Gasteiger partial charge is 0.0114 e. The molecule has 0 aliphatic carbocycles. The molecule has 4 aromatic rings. The zero-order valence-corrected chi connectivity index (χ0v) is 19.3. The Morgan fingerprint density at radius 2 is 1.31 bits per heavy atom. The minimum Gasteiger partial charge on any atom is -1.00 e. The molecule has 132 valence electrons. The van der Waals surface area contributed by atoms with E-state index in [2.05, 4.69) is 112 Å². The molecule has 4 rings (SSSR count). The van der Waals surface area contributed by atoms with Gasteiger partial charge in [0.25, 0.3) is 0 Å². The Balaban J connectivity index is 0.000000516. The van der Waals surface area contributed by atoms with Gasteiger partial charge < -0.3 is 24.8 Å². The van der Waals surface area contributed by atoms with Crippen molar-refractivity contribution in [2.75, 3.05) is 0 Å². The first-order valence-electron chi connectivity index (χ1n) is 8.22. The standard InChI is InChI=1S/C20H15.C2H6Si.2ClH.Ti/c1-14-12-16-8-5-11-19(20(16)13-14)18-10-4-7-15-6-2-3-9-17(15)18;1-3-2;;;/h2-13H,1H3;1-2H3;2*1H;/q-1;;;;+2/p-2. The van der Waals surface area contributed by atoms with Gasteiger partial charge in [0.15, 0.2) is 0 Å². The van der Waals surface area contributed by atoms with Crippen molar-refractivity contribution in [2.24, 2.45) is 0 Å². The van der Waals surface area contributed by atoms with Gasteiger partial charge in [-0.05, 0) is 16.3 Å². The van der Waals surface area contributed by atoms with Crippen molar-refractivity contribution in [3.63, 3.8) is 0 Å². The van der Waals surface area contributed by atoms with Gasteiger partial charge in [0, 0.05) is 0 Å². The Hall–Kier alpha value is -0.959. The summed E-state index contributed by atoms with van der Waals surface area (Å²) in [6.45, 7) is 6.70. The number of hydrogen-bond acceptors (Lipinski definition) is 0. The summed E-state index contributed by atoms with van der Waals surface area (Å²) >= 11 is 2.27. The minimum absolute atomic E-state index is 0. The molecule has 0 N–H and O–H groups in total. The fourth-order valence-corrected chi connectivity index (χ4v) is 3.08. The molecule has 0 aromatic heterocycles. The van der Waals surface area contributed by atoms with Crippen LogP contribution >= 0.6 is 0 Å². The van der Waals surface area contributed by atoms with Crippen LogP contribution in [0.3, 0.4) is 0 Å². The molecule has 4 heteroatoms. The average molecular weight is 432 g/mol. The molecule has 0 unspecified atom stereocenters. The van der Waals surface area contributed by atoms with Crippen LogP contribution in [0, 0.1) is 6.92 Å². The number of halogens is 2. The second-order valence-electron chi connectivity index (χ2n) is 6.37. The van der Waals surface area contributed by atoms with E-state index in [1.54, 1.807) is 0 Å². The van der Waals surface area contributed by atoms with Crippen LogP contribution in [0.5, 0.6) is 0 Å². The number of hydrogen-bond donors (Lipinski definition) is 0. The summed E-state index contributed by atoms with van der Waals surface area (Å²) in [5.41, 5.74) is 3.97. The topological polar surface area (TPSA) is 0 Å². The van der Waals surface area contributed by atoms with Gasteiger partial charge in [-0.3, -0.25) is 0 Å². The summed E-state index contributed by atoms with van der Waals surface area (Å²) in [5, 5.41) is 5.29. The summed E-state index contributed by atoms with van der Waals surface area (Å²) in [6.07, 6.45) is 0.120. The Kier molecular flexibility index (Phi) is 9.23. The molecule has 0 fully saturated rings. The average Bonchev–Trinajstić information content (AvgIpc) is 2.94. The monoisotopic (exact) mass is 431 g/mol. The van der Waals surface area contributed by atoms with Crippen LogP contribution in [0.25, 0.3) is 32.7 Å². The van der Waals surface area contributed by atoms with E-state index in [-0.39, 0.29) is 31.0 Å². The van der Waals surface area contributed by atoms with Crippen LogP contribution in [-0.2, 0) is 19.2 Å². The molecule has 0 heterocycles. The number of rotatable bonds is 1. The Labute approximate surface area is 180 Å². The van der Waals surface area contributed by atoms with Gasteiger partial charge in [0.2, 0.25) is 0 Å². The fourth-order valence-electron chi connectivity index (χ4n) is 3.08. The van der Waals surface area contributed by atoms with Crippen LogP contribution in [0.4, 0.5) is 0 Å². The van der Waals surface area contributed by atoms with Crippen molar-refractivity contribution in [3.8, 4) is 11.1 Å². The summed E-state index contributed by atoms with van der Waals surface area (Å²) < 4.78 is 0. The predicted octanol–water partition coefficient (Wildman–Crippen LogP) is 0.480. The first kappa shape index (κ1) is 23.1. The second kappa shape index (κ2) is 10.4. The van der Waals surface area contributed by atoms with Crippen molar-refractivity contribution in [3.05, 3.63) is 78.4 Å². The van der Waals surface area contributed by atoms with Gasteiger partial charge in [-0.25, -0.2) is 0 Å². The molecule has 0 saturated heterocycles. The second-order valence-corrected chi connectivity index (χ2v) is 13.1. The van der Waals surface area contributed by atoms with Gasteiger partial charge >= 0.3 is 38.5 Å². The number of fused-ring (bicyclic) bond motifs is 2. The van der Waals surface area contributed by atoms with E-state index in [9.17, 15) is 0 Å². The third kappa shape index (κ3) is 5.28. The molecule has 0 spiro atoms. The van der Waals surface area contributed by atoms with E-state index in [1.807, 2.05) is 0 Å². The van der Waals surface area contributed by atoms with Gasteiger partial charge in [0.05, 0.1) is 0 Å². The van der Waals surface area contributed by atoms with Crippen molar-refractivity contribution in [1.82, 2.24) is 0 Å². The van der Waals surface area contributed by atoms with E-state index in [0.29, 0.717) is 0 Å². The fraction of sp³-hybridized carbons (Fsp3) is 0.136.